The molecule has 1 aromatic heterocycles. The van der Waals surface area contributed by atoms with Crippen LogP contribution in [0.2, 0.25) is 0 Å². The lowest BCUT2D eigenvalue weighted by Crippen LogP contribution is -2.34. The second-order valence-corrected chi connectivity index (χ2v) is 5.57. The fourth-order valence-electron chi connectivity index (χ4n) is 2.37. The van der Waals surface area contributed by atoms with Gasteiger partial charge in [0.1, 0.15) is 5.82 Å². The van der Waals surface area contributed by atoms with E-state index < -0.39 is 0 Å². The molecule has 19 heavy (non-hydrogen) atoms. The summed E-state index contributed by atoms with van der Waals surface area (Å²) in [6.07, 6.45) is 5.16. The Kier molecular flexibility index (Phi) is 4.96. The molecule has 0 radical (unpaired) electrons. The van der Waals surface area contributed by atoms with Crippen LogP contribution in [-0.4, -0.2) is 29.1 Å². The second-order valence-electron chi connectivity index (χ2n) is 5.57. The molecule has 1 fully saturated rings. The van der Waals surface area contributed by atoms with E-state index in [1.807, 2.05) is 6.07 Å². The molecule has 1 unspecified atom stereocenters. The first-order valence-corrected chi connectivity index (χ1v) is 7.27. The summed E-state index contributed by atoms with van der Waals surface area (Å²) in [7, 11) is 0. The van der Waals surface area contributed by atoms with E-state index >= 15 is 0 Å². The molecule has 2 heterocycles. The van der Waals surface area contributed by atoms with Crippen LogP contribution in [0.3, 0.4) is 0 Å². The van der Waals surface area contributed by atoms with Crippen LogP contribution in [0.25, 0.3) is 0 Å². The van der Waals surface area contributed by atoms with Crippen LogP contribution in [-0.2, 0) is 0 Å². The van der Waals surface area contributed by atoms with Crippen LogP contribution >= 0.6 is 0 Å². The summed E-state index contributed by atoms with van der Waals surface area (Å²) in [5.74, 6) is 1.55. The van der Waals surface area contributed by atoms with Crippen LogP contribution in [0.5, 0.6) is 0 Å². The van der Waals surface area contributed by atoms with Crippen molar-refractivity contribution in [1.82, 2.24) is 15.3 Å². The monoisotopic (exact) mass is 263 g/mol. The lowest BCUT2D eigenvalue weighted by molar-refractivity contribution is 0.530. The standard InChI is InChI=1S/C14H25N5/c1-10(2)12-8-13(19-14(15)18-12)17-9-11-6-4-3-5-7-16-11/h8,10-11,16H,3-7,9H2,1-2H3,(H3,15,17,18,19). The maximum absolute atomic E-state index is 5.75. The van der Waals surface area contributed by atoms with Crippen molar-refractivity contribution in [2.24, 2.45) is 0 Å². The lowest BCUT2D eigenvalue weighted by atomic mass is 10.1. The first-order valence-electron chi connectivity index (χ1n) is 7.27. The van der Waals surface area contributed by atoms with Gasteiger partial charge in [0.15, 0.2) is 0 Å². The summed E-state index contributed by atoms with van der Waals surface area (Å²) < 4.78 is 0. The molecule has 0 aromatic carbocycles. The molecule has 106 valence electrons. The highest BCUT2D eigenvalue weighted by molar-refractivity contribution is 5.41. The molecule has 0 amide bonds. The fraction of sp³-hybridized carbons (Fsp3) is 0.714. The normalized spacial score (nSPS) is 20.3. The van der Waals surface area contributed by atoms with Crippen molar-refractivity contribution in [3.8, 4) is 0 Å². The molecule has 2 rings (SSSR count). The number of nitrogens with two attached hydrogens (primary N) is 1. The maximum Gasteiger partial charge on any atom is 0.222 e. The molecule has 0 saturated carbocycles. The predicted molar refractivity (Wildman–Crippen MR) is 79.3 cm³/mol. The van der Waals surface area contributed by atoms with E-state index in [4.69, 9.17) is 5.73 Å². The highest BCUT2D eigenvalue weighted by Crippen LogP contribution is 2.17. The van der Waals surface area contributed by atoms with Gasteiger partial charge in [-0.3, -0.25) is 0 Å². The average molecular weight is 263 g/mol. The Bertz CT molecular complexity index is 397. The summed E-state index contributed by atoms with van der Waals surface area (Å²) in [6, 6.07) is 2.53. The van der Waals surface area contributed by atoms with Gasteiger partial charge in [0.05, 0.1) is 5.69 Å². The number of hydrogen-bond acceptors (Lipinski definition) is 5. The van der Waals surface area contributed by atoms with Crippen LogP contribution in [0.15, 0.2) is 6.07 Å². The van der Waals surface area contributed by atoms with Crippen molar-refractivity contribution in [1.29, 1.82) is 0 Å². The van der Waals surface area contributed by atoms with Crippen molar-refractivity contribution in [2.75, 3.05) is 24.1 Å². The summed E-state index contributed by atoms with van der Waals surface area (Å²) in [5.41, 5.74) is 6.74. The molecule has 1 aliphatic heterocycles. The fourth-order valence-corrected chi connectivity index (χ4v) is 2.37. The van der Waals surface area contributed by atoms with Crippen molar-refractivity contribution < 1.29 is 0 Å². The number of nitrogen functional groups attached to an aromatic ring is 1. The van der Waals surface area contributed by atoms with Gasteiger partial charge in [-0.2, -0.15) is 4.98 Å². The minimum atomic E-state index is 0.350. The zero-order chi connectivity index (χ0) is 13.7. The van der Waals surface area contributed by atoms with Crippen LogP contribution in [0, 0.1) is 0 Å². The number of nitrogens with one attached hydrogen (secondary N) is 2. The van der Waals surface area contributed by atoms with Crippen molar-refractivity contribution in [3.05, 3.63) is 11.8 Å². The Morgan fingerprint density at radius 3 is 3.00 bits per heavy atom. The third-order valence-corrected chi connectivity index (χ3v) is 3.55. The number of rotatable bonds is 4. The summed E-state index contributed by atoms with van der Waals surface area (Å²) in [5, 5.41) is 6.95. The highest BCUT2D eigenvalue weighted by atomic mass is 15.1. The number of nitrogens with zero attached hydrogens (tertiary/aromatic N) is 2. The van der Waals surface area contributed by atoms with E-state index in [9.17, 15) is 0 Å². The molecule has 1 aromatic rings. The van der Waals surface area contributed by atoms with E-state index in [2.05, 4.69) is 34.4 Å². The van der Waals surface area contributed by atoms with Gasteiger partial charge in [0.2, 0.25) is 5.95 Å². The van der Waals surface area contributed by atoms with Gasteiger partial charge in [-0.05, 0) is 25.3 Å². The third-order valence-electron chi connectivity index (χ3n) is 3.55. The van der Waals surface area contributed by atoms with E-state index in [0.29, 0.717) is 17.9 Å². The van der Waals surface area contributed by atoms with Crippen LogP contribution in [0.4, 0.5) is 11.8 Å². The largest absolute Gasteiger partial charge is 0.368 e. The first-order chi connectivity index (χ1) is 9.15. The van der Waals surface area contributed by atoms with Crippen LogP contribution in [0.1, 0.15) is 51.1 Å². The molecule has 0 bridgehead atoms. The van der Waals surface area contributed by atoms with Gasteiger partial charge >= 0.3 is 0 Å². The molecular weight excluding hydrogens is 238 g/mol. The predicted octanol–water partition coefficient (Wildman–Crippen LogP) is 2.13. The van der Waals surface area contributed by atoms with Gasteiger partial charge in [-0.15, -0.1) is 0 Å². The summed E-state index contributed by atoms with van der Waals surface area (Å²) >= 11 is 0. The Morgan fingerprint density at radius 1 is 1.37 bits per heavy atom. The Morgan fingerprint density at radius 2 is 2.21 bits per heavy atom. The van der Waals surface area contributed by atoms with Gasteiger partial charge < -0.3 is 16.4 Å². The summed E-state index contributed by atoms with van der Waals surface area (Å²) in [4.78, 5) is 8.51. The van der Waals surface area contributed by atoms with Gasteiger partial charge in [0.25, 0.3) is 0 Å². The minimum absolute atomic E-state index is 0.350. The molecule has 1 aliphatic rings. The van der Waals surface area contributed by atoms with Gasteiger partial charge in [-0.1, -0.05) is 26.7 Å². The highest BCUT2D eigenvalue weighted by Gasteiger charge is 2.12. The van der Waals surface area contributed by atoms with Crippen LogP contribution < -0.4 is 16.4 Å². The average Bonchev–Trinajstić information content (AvgIpc) is 2.64. The zero-order valence-corrected chi connectivity index (χ0v) is 11.9. The molecular formula is C14H25N5. The zero-order valence-electron chi connectivity index (χ0n) is 11.9. The maximum atomic E-state index is 5.75. The van der Waals surface area contributed by atoms with E-state index in [0.717, 1.165) is 24.6 Å². The Hall–Kier alpha value is -1.36. The molecule has 1 atom stereocenters. The van der Waals surface area contributed by atoms with E-state index in [1.54, 1.807) is 0 Å². The molecule has 1 saturated heterocycles. The lowest BCUT2D eigenvalue weighted by Gasteiger charge is -2.17. The van der Waals surface area contributed by atoms with Gasteiger partial charge in [0, 0.05) is 18.7 Å². The van der Waals surface area contributed by atoms with Crippen molar-refractivity contribution in [3.63, 3.8) is 0 Å². The van der Waals surface area contributed by atoms with Gasteiger partial charge in [-0.25, -0.2) is 4.98 Å². The van der Waals surface area contributed by atoms with E-state index in [-0.39, 0.29) is 0 Å². The van der Waals surface area contributed by atoms with Crippen molar-refractivity contribution in [2.45, 2.75) is 51.5 Å². The molecule has 4 N–H and O–H groups in total. The first kappa shape index (κ1) is 14.1. The summed E-state index contributed by atoms with van der Waals surface area (Å²) in [6.45, 7) is 6.24. The minimum Gasteiger partial charge on any atom is -0.368 e. The quantitative estimate of drug-likeness (QED) is 0.776. The Balaban J connectivity index is 1.94. The molecule has 0 aliphatic carbocycles. The van der Waals surface area contributed by atoms with Crippen molar-refractivity contribution >= 4 is 11.8 Å². The Labute approximate surface area is 115 Å². The second kappa shape index (κ2) is 6.70. The number of aromatic nitrogens is 2. The molecule has 5 heteroatoms. The SMILES string of the molecule is CC(C)c1cc(NCC2CCCCCN2)nc(N)n1. The smallest absolute Gasteiger partial charge is 0.222 e. The molecule has 0 spiro atoms. The third kappa shape index (κ3) is 4.35. The van der Waals surface area contributed by atoms with E-state index in [1.165, 1.54) is 25.7 Å². The number of anilines is 2. The topological polar surface area (TPSA) is 75.9 Å². The molecule has 5 nitrogen and oxygen atoms in total. The number of hydrogen-bond donors (Lipinski definition) is 3.